The molecule has 2 rings (SSSR count). The first-order valence-electron chi connectivity index (χ1n) is 6.04. The lowest BCUT2D eigenvalue weighted by molar-refractivity contribution is 0.414. The number of aryl methyl sites for hydroxylation is 1. The molecule has 7 nitrogen and oxygen atoms in total. The molecule has 0 aliphatic rings. The Morgan fingerprint density at radius 2 is 2.05 bits per heavy atom. The minimum atomic E-state index is -0.457. The van der Waals surface area contributed by atoms with E-state index in [0.29, 0.717) is 6.54 Å². The van der Waals surface area contributed by atoms with Crippen LogP contribution >= 0.6 is 0 Å². The first-order valence-corrected chi connectivity index (χ1v) is 6.04. The average molecular weight is 276 g/mol. The minimum absolute atomic E-state index is 0.136. The lowest BCUT2D eigenvalue weighted by atomic mass is 10.2. The number of hydrogen-bond acceptors (Lipinski definition) is 5. The predicted octanol–water partition coefficient (Wildman–Crippen LogP) is 0.0997. The van der Waals surface area contributed by atoms with Crippen LogP contribution in [0.1, 0.15) is 5.56 Å². The number of rotatable bonds is 4. The molecule has 20 heavy (non-hydrogen) atoms. The molecular weight excluding hydrogens is 260 g/mol. The predicted molar refractivity (Wildman–Crippen MR) is 75.0 cm³/mol. The van der Waals surface area contributed by atoms with Crippen molar-refractivity contribution < 1.29 is 4.74 Å². The summed E-state index contributed by atoms with van der Waals surface area (Å²) < 4.78 is 7.27. The van der Waals surface area contributed by atoms with Gasteiger partial charge in [0.2, 0.25) is 5.82 Å². The Kier molecular flexibility index (Phi) is 3.88. The zero-order valence-corrected chi connectivity index (χ0v) is 11.6. The highest BCUT2D eigenvalue weighted by molar-refractivity contribution is 5.34. The van der Waals surface area contributed by atoms with Gasteiger partial charge in [-0.05, 0) is 17.7 Å². The molecule has 1 heterocycles. The minimum Gasteiger partial charge on any atom is -0.497 e. The van der Waals surface area contributed by atoms with Gasteiger partial charge >= 0.3 is 5.69 Å². The van der Waals surface area contributed by atoms with Gasteiger partial charge in [0.15, 0.2) is 0 Å². The van der Waals surface area contributed by atoms with E-state index in [2.05, 4.69) is 10.4 Å². The molecule has 1 aromatic carbocycles. The fraction of sp³-hybridized carbons (Fsp3) is 0.308. The van der Waals surface area contributed by atoms with Crippen molar-refractivity contribution in [3.05, 3.63) is 50.7 Å². The number of aromatic nitrogens is 3. The van der Waals surface area contributed by atoms with Crippen LogP contribution in [-0.4, -0.2) is 21.5 Å². The molecule has 2 aromatic rings. The van der Waals surface area contributed by atoms with Gasteiger partial charge in [-0.3, -0.25) is 9.36 Å². The molecule has 0 radical (unpaired) electrons. The highest BCUT2D eigenvalue weighted by Crippen LogP contribution is 2.12. The molecular formula is C13H16N4O3. The van der Waals surface area contributed by atoms with Gasteiger partial charge in [-0.1, -0.05) is 12.1 Å². The third-order valence-corrected chi connectivity index (χ3v) is 2.92. The summed E-state index contributed by atoms with van der Waals surface area (Å²) in [6.45, 7) is 0.414. The number of anilines is 1. The molecule has 0 aliphatic heterocycles. The van der Waals surface area contributed by atoms with E-state index in [4.69, 9.17) is 4.74 Å². The number of hydrogen-bond donors (Lipinski definition) is 1. The van der Waals surface area contributed by atoms with Crippen LogP contribution in [-0.2, 0) is 20.6 Å². The van der Waals surface area contributed by atoms with Crippen LogP contribution < -0.4 is 21.3 Å². The van der Waals surface area contributed by atoms with E-state index in [-0.39, 0.29) is 5.82 Å². The zero-order valence-electron chi connectivity index (χ0n) is 11.6. The summed E-state index contributed by atoms with van der Waals surface area (Å²) >= 11 is 0. The van der Waals surface area contributed by atoms with E-state index in [0.717, 1.165) is 20.6 Å². The van der Waals surface area contributed by atoms with Crippen molar-refractivity contribution in [1.29, 1.82) is 0 Å². The lowest BCUT2D eigenvalue weighted by Crippen LogP contribution is -2.39. The van der Waals surface area contributed by atoms with Crippen LogP contribution in [0.3, 0.4) is 0 Å². The van der Waals surface area contributed by atoms with Crippen LogP contribution in [0.2, 0.25) is 0 Å². The maximum absolute atomic E-state index is 11.9. The van der Waals surface area contributed by atoms with Crippen molar-refractivity contribution in [2.24, 2.45) is 14.1 Å². The molecule has 0 saturated heterocycles. The van der Waals surface area contributed by atoms with Gasteiger partial charge in [0.1, 0.15) is 5.75 Å². The quantitative estimate of drug-likeness (QED) is 0.857. The summed E-state index contributed by atoms with van der Waals surface area (Å²) in [5.41, 5.74) is 0.0417. The molecule has 106 valence electrons. The Labute approximate surface area is 115 Å². The van der Waals surface area contributed by atoms with Crippen molar-refractivity contribution in [1.82, 2.24) is 14.3 Å². The Balaban J connectivity index is 2.23. The highest BCUT2D eigenvalue weighted by Gasteiger charge is 2.08. The Morgan fingerprint density at radius 1 is 1.30 bits per heavy atom. The largest absolute Gasteiger partial charge is 0.497 e. The maximum Gasteiger partial charge on any atom is 0.346 e. The van der Waals surface area contributed by atoms with Gasteiger partial charge in [-0.25, -0.2) is 9.48 Å². The van der Waals surface area contributed by atoms with Gasteiger partial charge < -0.3 is 10.1 Å². The third-order valence-electron chi connectivity index (χ3n) is 2.92. The highest BCUT2D eigenvalue weighted by atomic mass is 16.5. The lowest BCUT2D eigenvalue weighted by Gasteiger charge is -2.08. The van der Waals surface area contributed by atoms with Gasteiger partial charge in [-0.2, -0.15) is 0 Å². The fourth-order valence-electron chi connectivity index (χ4n) is 1.78. The van der Waals surface area contributed by atoms with Crippen molar-refractivity contribution in [2.75, 3.05) is 12.4 Å². The number of methoxy groups -OCH3 is 1. The van der Waals surface area contributed by atoms with Gasteiger partial charge in [0.05, 0.1) is 7.11 Å². The second kappa shape index (κ2) is 5.60. The molecule has 0 amide bonds. The standard InChI is InChI=1S/C13H16N4O3/c1-16-12(18)11(15-17(2)13(16)19)14-8-9-5-4-6-10(7-9)20-3/h4-7H,8H2,1-3H3,(H,14,15). The Hall–Kier alpha value is -2.57. The molecule has 0 bridgehead atoms. The van der Waals surface area contributed by atoms with Crippen LogP contribution in [0.4, 0.5) is 5.82 Å². The van der Waals surface area contributed by atoms with Crippen molar-refractivity contribution in [3.63, 3.8) is 0 Å². The first kappa shape index (κ1) is 13.9. The normalized spacial score (nSPS) is 10.3. The van der Waals surface area contributed by atoms with E-state index < -0.39 is 11.2 Å². The number of ether oxygens (including phenoxy) is 1. The number of benzene rings is 1. The Bertz CT molecular complexity index is 733. The molecule has 0 unspecified atom stereocenters. The fourth-order valence-corrected chi connectivity index (χ4v) is 1.78. The van der Waals surface area contributed by atoms with E-state index in [1.165, 1.54) is 14.1 Å². The summed E-state index contributed by atoms with van der Waals surface area (Å²) in [5, 5.41) is 6.85. The Morgan fingerprint density at radius 3 is 2.75 bits per heavy atom. The molecule has 1 N–H and O–H groups in total. The van der Waals surface area contributed by atoms with Gasteiger partial charge in [0.25, 0.3) is 5.56 Å². The van der Waals surface area contributed by atoms with Crippen LogP contribution in [0, 0.1) is 0 Å². The molecule has 0 atom stereocenters. The molecule has 7 heteroatoms. The first-order chi connectivity index (χ1) is 9.52. The molecule has 0 fully saturated rings. The SMILES string of the molecule is COc1cccc(CNc2nn(C)c(=O)n(C)c2=O)c1. The summed E-state index contributed by atoms with van der Waals surface area (Å²) in [7, 11) is 4.51. The molecule has 0 aliphatic carbocycles. The molecule has 1 aromatic heterocycles. The molecule has 0 saturated carbocycles. The zero-order chi connectivity index (χ0) is 14.7. The van der Waals surface area contributed by atoms with Gasteiger partial charge in [-0.15, -0.1) is 5.10 Å². The van der Waals surface area contributed by atoms with E-state index in [1.807, 2.05) is 24.3 Å². The van der Waals surface area contributed by atoms with E-state index >= 15 is 0 Å². The smallest absolute Gasteiger partial charge is 0.346 e. The number of nitrogens with zero attached hydrogens (tertiary/aromatic N) is 3. The van der Waals surface area contributed by atoms with Crippen LogP contribution in [0.25, 0.3) is 0 Å². The van der Waals surface area contributed by atoms with E-state index in [1.54, 1.807) is 7.11 Å². The summed E-state index contributed by atoms with van der Waals surface area (Å²) in [5.74, 6) is 0.878. The van der Waals surface area contributed by atoms with Crippen LogP contribution in [0.5, 0.6) is 5.75 Å². The van der Waals surface area contributed by atoms with Crippen molar-refractivity contribution >= 4 is 5.82 Å². The molecule has 0 spiro atoms. The average Bonchev–Trinajstić information content (AvgIpc) is 2.47. The summed E-state index contributed by atoms with van der Waals surface area (Å²) in [4.78, 5) is 23.4. The second-order valence-electron chi connectivity index (χ2n) is 4.32. The maximum atomic E-state index is 11.9. The summed E-state index contributed by atoms with van der Waals surface area (Å²) in [6, 6.07) is 7.47. The monoisotopic (exact) mass is 276 g/mol. The third kappa shape index (κ3) is 2.71. The van der Waals surface area contributed by atoms with Crippen LogP contribution in [0.15, 0.2) is 33.9 Å². The van der Waals surface area contributed by atoms with E-state index in [9.17, 15) is 9.59 Å². The number of nitrogens with one attached hydrogen (secondary N) is 1. The second-order valence-corrected chi connectivity index (χ2v) is 4.32. The van der Waals surface area contributed by atoms with Gasteiger partial charge in [0, 0.05) is 20.6 Å². The summed E-state index contributed by atoms with van der Waals surface area (Å²) in [6.07, 6.45) is 0. The van der Waals surface area contributed by atoms with Crippen molar-refractivity contribution in [2.45, 2.75) is 6.54 Å². The topological polar surface area (TPSA) is 78.2 Å². The van der Waals surface area contributed by atoms with Crippen molar-refractivity contribution in [3.8, 4) is 5.75 Å².